The molecule has 0 unspecified atom stereocenters. The van der Waals surface area contributed by atoms with Gasteiger partial charge in [0.15, 0.2) is 11.2 Å². The minimum absolute atomic E-state index is 0.0363. The summed E-state index contributed by atoms with van der Waals surface area (Å²) in [5, 5.41) is 19.1. The van der Waals surface area contributed by atoms with Gasteiger partial charge in [-0.15, -0.1) is 6.42 Å². The van der Waals surface area contributed by atoms with Crippen LogP contribution in [0.3, 0.4) is 0 Å². The van der Waals surface area contributed by atoms with Crippen molar-refractivity contribution < 1.29 is 14.9 Å². The maximum atomic E-state index is 11.8. The molecule has 3 rings (SSSR count). The number of aliphatic hydroxyl groups is 2. The molecule has 2 aromatic rings. The molecule has 9 heteroatoms. The smallest absolute Gasteiger partial charge is 0.280 e. The third kappa shape index (κ3) is 1.89. The first-order valence-corrected chi connectivity index (χ1v) is 6.18. The molecule has 1 fully saturated rings. The molecule has 9 nitrogen and oxygen atoms in total. The van der Waals surface area contributed by atoms with Crippen molar-refractivity contribution in [2.45, 2.75) is 24.4 Å². The number of aromatic amines is 1. The van der Waals surface area contributed by atoms with Crippen LogP contribution in [-0.2, 0) is 10.5 Å². The summed E-state index contributed by atoms with van der Waals surface area (Å²) in [7, 11) is 0. The third-order valence-electron chi connectivity index (χ3n) is 3.48. The second-order valence-corrected chi connectivity index (χ2v) is 4.78. The summed E-state index contributed by atoms with van der Waals surface area (Å²) in [5.41, 5.74) is 3.86. The van der Waals surface area contributed by atoms with Crippen molar-refractivity contribution in [3.63, 3.8) is 0 Å². The molecule has 1 saturated heterocycles. The van der Waals surface area contributed by atoms with Crippen molar-refractivity contribution in [3.8, 4) is 12.3 Å². The fraction of sp³-hybridized carbons (Fsp3) is 0.417. The predicted molar refractivity (Wildman–Crippen MR) is 72.0 cm³/mol. The van der Waals surface area contributed by atoms with Gasteiger partial charge >= 0.3 is 0 Å². The van der Waals surface area contributed by atoms with E-state index in [0.29, 0.717) is 0 Å². The highest BCUT2D eigenvalue weighted by molar-refractivity contribution is 5.71. The van der Waals surface area contributed by atoms with Crippen LogP contribution in [0.2, 0.25) is 0 Å². The number of fused-ring (bicyclic) bond motifs is 1. The van der Waals surface area contributed by atoms with Crippen LogP contribution >= 0.6 is 0 Å². The predicted octanol–water partition coefficient (Wildman–Crippen LogP) is -1.87. The van der Waals surface area contributed by atoms with Crippen molar-refractivity contribution in [1.29, 1.82) is 0 Å². The molecule has 0 saturated carbocycles. The lowest BCUT2D eigenvalue weighted by molar-refractivity contribution is -0.0798. The Morgan fingerprint density at radius 2 is 2.48 bits per heavy atom. The van der Waals surface area contributed by atoms with Gasteiger partial charge in [0.1, 0.15) is 12.4 Å². The molecule has 21 heavy (non-hydrogen) atoms. The number of hydrogen-bond acceptors (Lipinski definition) is 7. The first-order chi connectivity index (χ1) is 10.0. The van der Waals surface area contributed by atoms with Gasteiger partial charge in [0.2, 0.25) is 11.7 Å². The zero-order valence-corrected chi connectivity index (χ0v) is 10.9. The molecule has 0 amide bonds. The van der Waals surface area contributed by atoms with Crippen molar-refractivity contribution in [2.75, 3.05) is 12.3 Å². The second-order valence-electron chi connectivity index (χ2n) is 4.78. The number of rotatable bonds is 2. The van der Waals surface area contributed by atoms with Crippen molar-refractivity contribution in [3.05, 3.63) is 16.7 Å². The minimum Gasteiger partial charge on any atom is -0.394 e. The number of hydrogen-bond donors (Lipinski definition) is 4. The van der Waals surface area contributed by atoms with Gasteiger partial charge in [-0.1, -0.05) is 0 Å². The van der Waals surface area contributed by atoms with Crippen LogP contribution in [0.15, 0.2) is 11.1 Å². The number of ether oxygens (including phenoxy) is 1. The lowest BCUT2D eigenvalue weighted by Gasteiger charge is -2.24. The maximum Gasteiger partial charge on any atom is 0.280 e. The van der Waals surface area contributed by atoms with E-state index in [4.69, 9.17) is 16.9 Å². The summed E-state index contributed by atoms with van der Waals surface area (Å²) in [5.74, 6) is 2.36. The Kier molecular flexibility index (Phi) is 2.94. The topological polar surface area (TPSA) is 139 Å². The number of imidazole rings is 1. The second kappa shape index (κ2) is 4.56. The Bertz CT molecular complexity index is 791. The standard InChI is InChI=1S/C12H13N5O4/c1-2-12(3-6(19)7(4-18)21-12)17-5-14-8-9(17)15-11(13)16-10(8)20/h1,5-7,18-19H,3-4H2,(H3,13,15,16,20)/t6-,7+,12+/m0/s1. The Balaban J connectivity index is 2.20. The summed E-state index contributed by atoms with van der Waals surface area (Å²) in [6.07, 6.45) is 5.12. The van der Waals surface area contributed by atoms with E-state index in [2.05, 4.69) is 20.9 Å². The molecule has 110 valence electrons. The monoisotopic (exact) mass is 291 g/mol. The van der Waals surface area contributed by atoms with E-state index in [1.54, 1.807) is 0 Å². The molecule has 0 spiro atoms. The van der Waals surface area contributed by atoms with Gasteiger partial charge in [0, 0.05) is 6.42 Å². The quantitative estimate of drug-likeness (QED) is 0.475. The van der Waals surface area contributed by atoms with E-state index < -0.39 is 23.5 Å². The van der Waals surface area contributed by atoms with E-state index >= 15 is 0 Å². The maximum absolute atomic E-state index is 11.8. The Labute approximate surface area is 118 Å². The van der Waals surface area contributed by atoms with Crippen LogP contribution < -0.4 is 11.3 Å². The number of H-pyrrole nitrogens is 1. The van der Waals surface area contributed by atoms with Gasteiger partial charge in [0.25, 0.3) is 5.56 Å². The zero-order valence-electron chi connectivity index (χ0n) is 10.9. The van der Waals surface area contributed by atoms with Crippen LogP contribution in [0.25, 0.3) is 11.2 Å². The molecule has 0 aliphatic carbocycles. The average Bonchev–Trinajstić information content (AvgIpc) is 3.00. The van der Waals surface area contributed by atoms with E-state index in [-0.39, 0.29) is 30.1 Å². The first-order valence-electron chi connectivity index (χ1n) is 6.18. The number of aliphatic hydroxyl groups excluding tert-OH is 2. The van der Waals surface area contributed by atoms with Crippen LogP contribution in [-0.4, -0.2) is 48.5 Å². The number of terminal acetylenes is 1. The van der Waals surface area contributed by atoms with Crippen LogP contribution in [0, 0.1) is 12.3 Å². The van der Waals surface area contributed by atoms with Crippen LogP contribution in [0.1, 0.15) is 6.42 Å². The molecule has 3 heterocycles. The number of nitrogens with one attached hydrogen (secondary N) is 1. The van der Waals surface area contributed by atoms with Gasteiger partial charge in [-0.05, 0) is 5.92 Å². The van der Waals surface area contributed by atoms with Gasteiger partial charge in [-0.2, -0.15) is 4.98 Å². The number of nitrogens with zero attached hydrogens (tertiary/aromatic N) is 3. The lowest BCUT2D eigenvalue weighted by atomic mass is 10.1. The average molecular weight is 291 g/mol. The minimum atomic E-state index is -1.38. The summed E-state index contributed by atoms with van der Waals surface area (Å²) >= 11 is 0. The Morgan fingerprint density at radius 1 is 1.71 bits per heavy atom. The van der Waals surface area contributed by atoms with Gasteiger partial charge in [-0.3, -0.25) is 14.3 Å². The van der Waals surface area contributed by atoms with Gasteiger partial charge < -0.3 is 20.7 Å². The highest BCUT2D eigenvalue weighted by Gasteiger charge is 2.47. The number of nitrogen functional groups attached to an aromatic ring is 1. The van der Waals surface area contributed by atoms with E-state index in [1.165, 1.54) is 10.9 Å². The zero-order chi connectivity index (χ0) is 15.2. The first kappa shape index (κ1) is 13.6. The molecule has 1 aliphatic rings. The summed E-state index contributed by atoms with van der Waals surface area (Å²) in [6.45, 7) is -0.382. The van der Waals surface area contributed by atoms with Crippen molar-refractivity contribution in [2.24, 2.45) is 0 Å². The third-order valence-corrected chi connectivity index (χ3v) is 3.48. The Hall–Kier alpha value is -2.41. The normalized spacial score (nSPS) is 28.8. The lowest BCUT2D eigenvalue weighted by Crippen LogP contribution is -2.32. The molecular formula is C12H13N5O4. The van der Waals surface area contributed by atoms with Gasteiger partial charge in [-0.25, -0.2) is 4.98 Å². The molecule has 0 aromatic carbocycles. The molecule has 0 radical (unpaired) electrons. The van der Waals surface area contributed by atoms with E-state index in [9.17, 15) is 15.0 Å². The van der Waals surface area contributed by atoms with Crippen molar-refractivity contribution >= 4 is 17.1 Å². The number of anilines is 1. The van der Waals surface area contributed by atoms with E-state index in [1.807, 2.05) is 0 Å². The Morgan fingerprint density at radius 3 is 3.10 bits per heavy atom. The number of nitrogens with two attached hydrogens (primary N) is 1. The SMILES string of the molecule is C#C[C@]1(n2cnc3c(=O)[nH]c(N)nc32)C[C@H](O)[C@@H](CO)O1. The molecule has 0 bridgehead atoms. The molecule has 3 atom stereocenters. The van der Waals surface area contributed by atoms with Gasteiger partial charge in [0.05, 0.1) is 12.7 Å². The summed E-state index contributed by atoms with van der Waals surface area (Å²) in [6, 6.07) is 0. The largest absolute Gasteiger partial charge is 0.394 e. The summed E-state index contributed by atoms with van der Waals surface area (Å²) < 4.78 is 6.95. The van der Waals surface area contributed by atoms with E-state index in [0.717, 1.165) is 0 Å². The fourth-order valence-corrected chi connectivity index (χ4v) is 2.46. The highest BCUT2D eigenvalue weighted by Crippen LogP contribution is 2.36. The molecular weight excluding hydrogens is 278 g/mol. The summed E-state index contributed by atoms with van der Waals surface area (Å²) in [4.78, 5) is 22.1. The molecule has 1 aliphatic heterocycles. The van der Waals surface area contributed by atoms with Crippen LogP contribution in [0.4, 0.5) is 5.95 Å². The molecule has 5 N–H and O–H groups in total. The molecule has 2 aromatic heterocycles. The highest BCUT2D eigenvalue weighted by atomic mass is 16.6. The number of aromatic nitrogens is 4. The van der Waals surface area contributed by atoms with Crippen LogP contribution in [0.5, 0.6) is 0 Å². The fourth-order valence-electron chi connectivity index (χ4n) is 2.46. The van der Waals surface area contributed by atoms with Crippen molar-refractivity contribution in [1.82, 2.24) is 19.5 Å².